The molecule has 0 aliphatic carbocycles. The van der Waals surface area contributed by atoms with Crippen molar-refractivity contribution in [2.45, 2.75) is 57.1 Å². The summed E-state index contributed by atoms with van der Waals surface area (Å²) in [6.07, 6.45) is 4.63. The molecule has 1 N–H and O–H groups in total. The topological polar surface area (TPSA) is 121 Å². The lowest BCUT2D eigenvalue weighted by Gasteiger charge is -2.33. The number of rotatable bonds is 7. The van der Waals surface area contributed by atoms with Gasteiger partial charge in [0, 0.05) is 35.9 Å². The number of fused-ring (bicyclic) bond motifs is 2. The van der Waals surface area contributed by atoms with Gasteiger partial charge in [0.15, 0.2) is 23.0 Å². The molecular weight excluding hydrogens is 603 g/mol. The zero-order valence-electron chi connectivity index (χ0n) is 24.5. The minimum Gasteiger partial charge on any atom is -0.444 e. The molecule has 2 atom stereocenters. The van der Waals surface area contributed by atoms with Gasteiger partial charge < -0.3 is 18.8 Å². The van der Waals surface area contributed by atoms with Gasteiger partial charge in [0.05, 0.1) is 24.8 Å². The Kier molecular flexibility index (Phi) is 6.88. The van der Waals surface area contributed by atoms with Crippen LogP contribution in [0.25, 0.3) is 22.6 Å². The molecule has 5 aromatic rings. The molecule has 3 aromatic heterocycles. The normalized spacial score (nSPS) is 21.8. The molecule has 2 saturated heterocycles. The average Bonchev–Trinajstić information content (AvgIpc) is 3.69. The highest BCUT2D eigenvalue weighted by molar-refractivity contribution is 6.30. The second-order valence-corrected chi connectivity index (χ2v) is 12.4. The fourth-order valence-electron chi connectivity index (χ4n) is 6.53. The van der Waals surface area contributed by atoms with Gasteiger partial charge in [0.1, 0.15) is 17.2 Å². The molecule has 2 fully saturated rings. The molecule has 232 valence electrons. The predicted octanol–water partition coefficient (Wildman–Crippen LogP) is 5.38. The number of hydrogen-bond donors (Lipinski definition) is 1. The van der Waals surface area contributed by atoms with Gasteiger partial charge in [-0.2, -0.15) is 0 Å². The number of ether oxygens (including phenoxy) is 3. The van der Waals surface area contributed by atoms with Crippen molar-refractivity contribution in [3.05, 3.63) is 87.0 Å². The summed E-state index contributed by atoms with van der Waals surface area (Å²) in [6, 6.07) is 12.3. The molecule has 6 heterocycles. The minimum absolute atomic E-state index is 0.134. The summed E-state index contributed by atoms with van der Waals surface area (Å²) in [5.74, 6) is 0.394. The van der Waals surface area contributed by atoms with Crippen LogP contribution in [0, 0.1) is 5.82 Å². The molecule has 0 radical (unpaired) electrons. The molecule has 8 rings (SSSR count). The van der Waals surface area contributed by atoms with Crippen LogP contribution in [-0.2, 0) is 23.6 Å². The smallest absolute Gasteiger partial charge is 0.439 e. The van der Waals surface area contributed by atoms with Gasteiger partial charge in [-0.25, -0.2) is 19.2 Å². The second-order valence-electron chi connectivity index (χ2n) is 11.9. The lowest BCUT2D eigenvalue weighted by Crippen LogP contribution is -2.35. The monoisotopic (exact) mass is 632 g/mol. The number of nitrogens with one attached hydrogen (secondary N) is 1. The van der Waals surface area contributed by atoms with E-state index < -0.39 is 17.4 Å². The van der Waals surface area contributed by atoms with Crippen LogP contribution in [0.3, 0.4) is 0 Å². The van der Waals surface area contributed by atoms with Crippen molar-refractivity contribution < 1.29 is 23.1 Å². The quantitative estimate of drug-likeness (QED) is 0.252. The minimum atomic E-state index is -1.28. The third-order valence-electron chi connectivity index (χ3n) is 8.98. The number of nitrogens with zero attached hydrogens (tertiary/aromatic N) is 5. The van der Waals surface area contributed by atoms with Gasteiger partial charge in [0.2, 0.25) is 0 Å². The molecule has 13 heteroatoms. The van der Waals surface area contributed by atoms with Crippen molar-refractivity contribution in [1.82, 2.24) is 29.6 Å². The third-order valence-corrected chi connectivity index (χ3v) is 9.22. The molecule has 2 aromatic carbocycles. The first-order chi connectivity index (χ1) is 21.8. The Labute approximate surface area is 261 Å². The van der Waals surface area contributed by atoms with E-state index in [1.165, 1.54) is 6.07 Å². The number of H-pyrrole nitrogens is 1. The van der Waals surface area contributed by atoms with Crippen LogP contribution in [0.15, 0.2) is 58.0 Å². The fraction of sp³-hybridized carbons (Fsp3) is 0.375. The van der Waals surface area contributed by atoms with Crippen LogP contribution < -0.4 is 15.2 Å². The van der Waals surface area contributed by atoms with Crippen molar-refractivity contribution in [3.63, 3.8) is 0 Å². The Morgan fingerprint density at radius 2 is 1.98 bits per heavy atom. The van der Waals surface area contributed by atoms with Crippen LogP contribution in [0.1, 0.15) is 49.1 Å². The van der Waals surface area contributed by atoms with Crippen molar-refractivity contribution in [3.8, 4) is 22.9 Å². The van der Waals surface area contributed by atoms with Crippen LogP contribution in [0.5, 0.6) is 11.5 Å². The third kappa shape index (κ3) is 5.16. The molecule has 11 nitrogen and oxygen atoms in total. The fourth-order valence-corrected chi connectivity index (χ4v) is 6.68. The molecule has 3 aliphatic heterocycles. The maximum atomic E-state index is 14.8. The number of para-hydroxylation sites is 1. The largest absolute Gasteiger partial charge is 0.444 e. The summed E-state index contributed by atoms with van der Waals surface area (Å²) in [6.45, 7) is 5.56. The number of hydrogen-bond acceptors (Lipinski definition) is 9. The molecule has 45 heavy (non-hydrogen) atoms. The summed E-state index contributed by atoms with van der Waals surface area (Å²) in [4.78, 5) is 26.1. The maximum Gasteiger partial charge on any atom is 0.439 e. The van der Waals surface area contributed by atoms with E-state index in [-0.39, 0.29) is 12.0 Å². The van der Waals surface area contributed by atoms with E-state index in [0.717, 1.165) is 61.5 Å². The predicted molar refractivity (Wildman–Crippen MR) is 162 cm³/mol. The van der Waals surface area contributed by atoms with Crippen LogP contribution >= 0.6 is 11.6 Å². The van der Waals surface area contributed by atoms with Gasteiger partial charge in [0.25, 0.3) is 5.79 Å². The van der Waals surface area contributed by atoms with E-state index in [2.05, 4.69) is 35.2 Å². The average molecular weight is 633 g/mol. The van der Waals surface area contributed by atoms with Crippen molar-refractivity contribution in [2.24, 2.45) is 0 Å². The van der Waals surface area contributed by atoms with Crippen molar-refractivity contribution in [1.29, 1.82) is 0 Å². The zero-order valence-corrected chi connectivity index (χ0v) is 25.2. The number of halogens is 2. The second kappa shape index (κ2) is 11.0. The van der Waals surface area contributed by atoms with E-state index in [1.807, 2.05) is 18.2 Å². The molecular formula is C32H30ClFN6O5. The Morgan fingerprint density at radius 3 is 2.71 bits per heavy atom. The van der Waals surface area contributed by atoms with Gasteiger partial charge >= 0.3 is 5.76 Å². The number of piperidine rings is 1. The summed E-state index contributed by atoms with van der Waals surface area (Å²) in [5.41, 5.74) is 3.49. The van der Waals surface area contributed by atoms with Crippen LogP contribution in [0.2, 0.25) is 5.02 Å². The highest BCUT2D eigenvalue weighted by Gasteiger charge is 2.43. The van der Waals surface area contributed by atoms with Gasteiger partial charge in [-0.3, -0.25) is 14.4 Å². The van der Waals surface area contributed by atoms with E-state index in [0.29, 0.717) is 46.6 Å². The molecule has 0 bridgehead atoms. The van der Waals surface area contributed by atoms with Crippen molar-refractivity contribution >= 4 is 22.8 Å². The molecule has 0 saturated carbocycles. The van der Waals surface area contributed by atoms with Crippen LogP contribution in [0.4, 0.5) is 4.39 Å². The molecule has 3 aliphatic rings. The summed E-state index contributed by atoms with van der Waals surface area (Å²) < 4.78 is 40.0. The highest BCUT2D eigenvalue weighted by atomic mass is 35.5. The summed E-state index contributed by atoms with van der Waals surface area (Å²) >= 11 is 5.98. The lowest BCUT2D eigenvalue weighted by atomic mass is 9.88. The number of pyridine rings is 1. The zero-order chi connectivity index (χ0) is 30.7. The SMILES string of the molecule is CC1(c2ccc(Cl)cc2F)Oc2cccc(C3CCN(Cc4nc5cc(-c6noc(=O)[nH]6)cnc5n4CC4CCO4)CC3)c2O1. The van der Waals surface area contributed by atoms with Gasteiger partial charge in [-0.15, -0.1) is 0 Å². The Hall–Kier alpha value is -4.26. The molecule has 2 unspecified atom stereocenters. The molecule has 0 amide bonds. The first-order valence-corrected chi connectivity index (χ1v) is 15.4. The van der Waals surface area contributed by atoms with Gasteiger partial charge in [-0.1, -0.05) is 28.9 Å². The van der Waals surface area contributed by atoms with Crippen LogP contribution in [-0.4, -0.2) is 55.4 Å². The maximum absolute atomic E-state index is 14.8. The Morgan fingerprint density at radius 1 is 1.13 bits per heavy atom. The Bertz CT molecular complexity index is 1960. The van der Waals surface area contributed by atoms with E-state index >= 15 is 0 Å². The number of aromatic nitrogens is 5. The first kappa shape index (κ1) is 28.2. The number of imidazole rings is 1. The van der Waals surface area contributed by atoms with Gasteiger partial charge in [-0.05, 0) is 68.6 Å². The first-order valence-electron chi connectivity index (χ1n) is 15.0. The Balaban J connectivity index is 1.00. The highest BCUT2D eigenvalue weighted by Crippen LogP contribution is 2.50. The standard InChI is InChI=1S/C32H30ClFN6O5/c1-32(23-6-5-20(33)14-24(23)34)43-26-4-2-3-22(28(26)44-32)18-7-10-39(11-8-18)17-27-36-25-13-19(29-37-31(41)45-38-29)15-35-30(25)40(27)16-21-9-12-42-21/h2-6,13-15,18,21H,7-12,16-17H2,1H3,(H,37,38,41). The summed E-state index contributed by atoms with van der Waals surface area (Å²) in [5, 5.41) is 4.11. The number of likely N-dealkylation sites (tertiary alicyclic amines) is 1. The number of benzene rings is 2. The molecule has 0 spiro atoms. The van der Waals surface area contributed by atoms with E-state index in [9.17, 15) is 9.18 Å². The lowest BCUT2D eigenvalue weighted by molar-refractivity contribution is -0.0712. The van der Waals surface area contributed by atoms with E-state index in [1.54, 1.807) is 25.3 Å². The summed E-state index contributed by atoms with van der Waals surface area (Å²) in [7, 11) is 0. The van der Waals surface area contributed by atoms with E-state index in [4.69, 9.17) is 30.8 Å². The number of aromatic amines is 1. The van der Waals surface area contributed by atoms with Crippen molar-refractivity contribution in [2.75, 3.05) is 19.7 Å².